The van der Waals surface area contributed by atoms with Crippen LogP contribution in [0.5, 0.6) is 11.5 Å². The molecule has 4 nitrogen and oxygen atoms in total. The third-order valence-electron chi connectivity index (χ3n) is 2.80. The quantitative estimate of drug-likeness (QED) is 0.806. The first-order valence-corrected chi connectivity index (χ1v) is 6.33. The first kappa shape index (κ1) is 17.5. The highest BCUT2D eigenvalue weighted by Gasteiger charge is 2.31. The van der Waals surface area contributed by atoms with Crippen molar-refractivity contribution in [2.24, 2.45) is 0 Å². The van der Waals surface area contributed by atoms with Crippen LogP contribution in [0.25, 0.3) is 11.1 Å². The van der Waals surface area contributed by atoms with Crippen LogP contribution in [-0.2, 0) is 0 Å². The Bertz CT molecular complexity index is 726. The Morgan fingerprint density at radius 3 is 2.08 bits per heavy atom. The molecule has 0 amide bonds. The lowest BCUT2D eigenvalue weighted by Crippen LogP contribution is -2.16. The second kappa shape index (κ2) is 6.73. The molecule has 0 saturated carbocycles. The van der Waals surface area contributed by atoms with E-state index in [0.29, 0.717) is 5.56 Å². The molecule has 24 heavy (non-hydrogen) atoms. The monoisotopic (exact) mass is 348 g/mol. The highest BCUT2D eigenvalue weighted by atomic mass is 19.4. The Morgan fingerprint density at radius 1 is 0.958 bits per heavy atom. The first-order chi connectivity index (χ1) is 11.1. The van der Waals surface area contributed by atoms with E-state index in [1.807, 2.05) is 0 Å². The Labute approximate surface area is 132 Å². The normalized spacial score (nSPS) is 11.4. The molecule has 0 radical (unpaired) electrons. The molecule has 0 heterocycles. The van der Waals surface area contributed by atoms with Crippen LogP contribution in [0.1, 0.15) is 10.4 Å². The summed E-state index contributed by atoms with van der Waals surface area (Å²) >= 11 is 0. The van der Waals surface area contributed by atoms with Crippen molar-refractivity contribution in [1.82, 2.24) is 0 Å². The SMILES string of the molecule is O=C(O)c1cc(OC(F)F)cc(-c2ccc(OC(F)(F)F)cc2)c1. The van der Waals surface area contributed by atoms with Gasteiger partial charge in [-0.05, 0) is 41.5 Å². The summed E-state index contributed by atoms with van der Waals surface area (Å²) in [7, 11) is 0. The summed E-state index contributed by atoms with van der Waals surface area (Å²) in [5.41, 5.74) is 0.176. The maximum Gasteiger partial charge on any atom is 0.573 e. The number of hydrogen-bond donors (Lipinski definition) is 1. The smallest absolute Gasteiger partial charge is 0.478 e. The van der Waals surface area contributed by atoms with Crippen LogP contribution in [0.15, 0.2) is 42.5 Å². The summed E-state index contributed by atoms with van der Waals surface area (Å²) in [5.74, 6) is -2.21. The highest BCUT2D eigenvalue weighted by molar-refractivity contribution is 5.90. The second-order valence-corrected chi connectivity index (χ2v) is 4.50. The fourth-order valence-corrected chi connectivity index (χ4v) is 1.91. The number of carboxylic acid groups (broad SMARTS) is 1. The molecule has 0 spiro atoms. The van der Waals surface area contributed by atoms with Crippen LogP contribution in [0.4, 0.5) is 22.0 Å². The summed E-state index contributed by atoms with van der Waals surface area (Å²) in [6.45, 7) is -3.15. The summed E-state index contributed by atoms with van der Waals surface area (Å²) in [4.78, 5) is 11.0. The Balaban J connectivity index is 2.36. The molecule has 0 atom stereocenters. The number of carbonyl (C=O) groups is 1. The molecule has 0 aromatic heterocycles. The zero-order chi connectivity index (χ0) is 17.9. The zero-order valence-electron chi connectivity index (χ0n) is 11.7. The molecular formula is C15H9F5O4. The van der Waals surface area contributed by atoms with E-state index in [1.165, 1.54) is 18.2 Å². The maximum atomic E-state index is 12.3. The minimum absolute atomic E-state index is 0.184. The lowest BCUT2D eigenvalue weighted by molar-refractivity contribution is -0.274. The van der Waals surface area contributed by atoms with Crippen LogP contribution in [0.2, 0.25) is 0 Å². The van der Waals surface area contributed by atoms with Crippen molar-refractivity contribution < 1.29 is 41.3 Å². The van der Waals surface area contributed by atoms with E-state index >= 15 is 0 Å². The lowest BCUT2D eigenvalue weighted by atomic mass is 10.0. The van der Waals surface area contributed by atoms with Crippen LogP contribution < -0.4 is 9.47 Å². The van der Waals surface area contributed by atoms with Gasteiger partial charge in [0.05, 0.1) is 5.56 Å². The van der Waals surface area contributed by atoms with Gasteiger partial charge in [-0.1, -0.05) is 12.1 Å². The van der Waals surface area contributed by atoms with Gasteiger partial charge in [0, 0.05) is 0 Å². The standard InChI is InChI=1S/C15H9F5O4/c16-14(17)23-12-6-9(5-10(7-12)13(21)22)8-1-3-11(4-2-8)24-15(18,19)20/h1-7,14H,(H,21,22). The van der Waals surface area contributed by atoms with E-state index in [1.54, 1.807) is 0 Å². The van der Waals surface area contributed by atoms with Crippen molar-refractivity contribution in [3.63, 3.8) is 0 Å². The van der Waals surface area contributed by atoms with Crippen molar-refractivity contribution in [3.05, 3.63) is 48.0 Å². The van der Waals surface area contributed by atoms with Gasteiger partial charge < -0.3 is 14.6 Å². The zero-order valence-corrected chi connectivity index (χ0v) is 11.7. The van der Waals surface area contributed by atoms with Crippen LogP contribution >= 0.6 is 0 Å². The summed E-state index contributed by atoms with van der Waals surface area (Å²) in [6, 6.07) is 7.74. The van der Waals surface area contributed by atoms with Gasteiger partial charge in [0.1, 0.15) is 11.5 Å². The summed E-state index contributed by atoms with van der Waals surface area (Å²) in [6.07, 6.45) is -4.84. The Kier molecular flexibility index (Phi) is 4.91. The van der Waals surface area contributed by atoms with Crippen molar-refractivity contribution in [2.45, 2.75) is 13.0 Å². The van der Waals surface area contributed by atoms with Gasteiger partial charge in [-0.2, -0.15) is 8.78 Å². The van der Waals surface area contributed by atoms with Gasteiger partial charge in [0.2, 0.25) is 0 Å². The highest BCUT2D eigenvalue weighted by Crippen LogP contribution is 2.30. The van der Waals surface area contributed by atoms with Gasteiger partial charge >= 0.3 is 18.9 Å². The van der Waals surface area contributed by atoms with Gasteiger partial charge in [-0.15, -0.1) is 13.2 Å². The molecule has 2 rings (SSSR count). The van der Waals surface area contributed by atoms with Crippen LogP contribution in [0.3, 0.4) is 0 Å². The van der Waals surface area contributed by atoms with Crippen LogP contribution in [0, 0.1) is 0 Å². The van der Waals surface area contributed by atoms with E-state index in [0.717, 1.165) is 24.3 Å². The minimum atomic E-state index is -4.84. The van der Waals surface area contributed by atoms with Gasteiger partial charge in [-0.3, -0.25) is 0 Å². The number of alkyl halides is 5. The molecule has 0 bridgehead atoms. The molecule has 0 fully saturated rings. The summed E-state index contributed by atoms with van der Waals surface area (Å²) < 4.78 is 68.8. The molecular weight excluding hydrogens is 339 g/mol. The third kappa shape index (κ3) is 4.83. The number of benzene rings is 2. The predicted octanol–water partition coefficient (Wildman–Crippen LogP) is 4.55. The van der Waals surface area contributed by atoms with Crippen molar-refractivity contribution in [3.8, 4) is 22.6 Å². The fourth-order valence-electron chi connectivity index (χ4n) is 1.91. The number of aromatic carboxylic acids is 1. The minimum Gasteiger partial charge on any atom is -0.478 e. The molecule has 0 saturated heterocycles. The molecule has 1 N–H and O–H groups in total. The number of hydrogen-bond acceptors (Lipinski definition) is 3. The average molecular weight is 348 g/mol. The van der Waals surface area contributed by atoms with Crippen molar-refractivity contribution >= 4 is 5.97 Å². The molecule has 0 aliphatic heterocycles. The van der Waals surface area contributed by atoms with Crippen LogP contribution in [-0.4, -0.2) is 24.0 Å². The van der Waals surface area contributed by atoms with Gasteiger partial charge in [0.25, 0.3) is 0 Å². The summed E-state index contributed by atoms with van der Waals surface area (Å²) in [5, 5.41) is 9.00. The van der Waals surface area contributed by atoms with Gasteiger partial charge in [-0.25, -0.2) is 4.79 Å². The molecule has 2 aromatic carbocycles. The maximum absolute atomic E-state index is 12.3. The second-order valence-electron chi connectivity index (χ2n) is 4.50. The molecule has 2 aromatic rings. The van der Waals surface area contributed by atoms with E-state index in [-0.39, 0.29) is 16.9 Å². The fraction of sp³-hybridized carbons (Fsp3) is 0.133. The molecule has 0 unspecified atom stereocenters. The number of halogens is 5. The van der Waals surface area contributed by atoms with E-state index in [4.69, 9.17) is 5.11 Å². The third-order valence-corrected chi connectivity index (χ3v) is 2.80. The topological polar surface area (TPSA) is 55.8 Å². The van der Waals surface area contributed by atoms with E-state index in [9.17, 15) is 26.7 Å². The van der Waals surface area contributed by atoms with E-state index in [2.05, 4.69) is 9.47 Å². The van der Waals surface area contributed by atoms with Crippen molar-refractivity contribution in [2.75, 3.05) is 0 Å². The van der Waals surface area contributed by atoms with E-state index < -0.39 is 24.7 Å². The molecule has 0 aliphatic rings. The first-order valence-electron chi connectivity index (χ1n) is 6.33. The van der Waals surface area contributed by atoms with Gasteiger partial charge in [0.15, 0.2) is 0 Å². The number of rotatable bonds is 5. The predicted molar refractivity (Wildman–Crippen MR) is 72.2 cm³/mol. The largest absolute Gasteiger partial charge is 0.573 e. The number of ether oxygens (including phenoxy) is 2. The molecule has 9 heteroatoms. The number of carboxylic acids is 1. The Hall–Kier alpha value is -2.84. The lowest BCUT2D eigenvalue weighted by Gasteiger charge is -2.11. The molecule has 0 aliphatic carbocycles. The Morgan fingerprint density at radius 2 is 1.58 bits per heavy atom. The molecule has 128 valence electrons. The van der Waals surface area contributed by atoms with Crippen molar-refractivity contribution in [1.29, 1.82) is 0 Å². The average Bonchev–Trinajstić information content (AvgIpc) is 2.45.